The Balaban J connectivity index is 2.06. The minimum absolute atomic E-state index is 0.320. The molecule has 1 aliphatic rings. The van der Waals surface area contributed by atoms with Crippen molar-refractivity contribution in [1.29, 1.82) is 0 Å². The van der Waals surface area contributed by atoms with E-state index in [0.717, 1.165) is 23.3 Å². The molecule has 0 spiro atoms. The van der Waals surface area contributed by atoms with Gasteiger partial charge in [0, 0.05) is 6.54 Å². The third kappa shape index (κ3) is 3.82. The lowest BCUT2D eigenvalue weighted by Gasteiger charge is -2.32. The van der Waals surface area contributed by atoms with Crippen LogP contribution < -0.4 is 4.74 Å². The SMILES string of the molecule is CCOc1cccc(C(c2cccc(F)c2)N2CCCC2C(=O)O)c1. The molecule has 2 atom stereocenters. The van der Waals surface area contributed by atoms with Gasteiger partial charge in [0.25, 0.3) is 0 Å². The summed E-state index contributed by atoms with van der Waals surface area (Å²) in [4.78, 5) is 13.6. The second kappa shape index (κ2) is 7.66. The molecule has 0 aromatic heterocycles. The monoisotopic (exact) mass is 343 g/mol. The zero-order valence-electron chi connectivity index (χ0n) is 14.2. The molecule has 4 nitrogen and oxygen atoms in total. The Bertz CT molecular complexity index is 749. The molecule has 3 rings (SSSR count). The summed E-state index contributed by atoms with van der Waals surface area (Å²) in [5.74, 6) is -0.429. The average Bonchev–Trinajstić information content (AvgIpc) is 3.05. The quantitative estimate of drug-likeness (QED) is 0.865. The highest BCUT2D eigenvalue weighted by atomic mass is 19.1. The van der Waals surface area contributed by atoms with Crippen LogP contribution in [-0.4, -0.2) is 35.2 Å². The Morgan fingerprint density at radius 3 is 2.68 bits per heavy atom. The number of ether oxygens (including phenoxy) is 1. The summed E-state index contributed by atoms with van der Waals surface area (Å²) >= 11 is 0. The number of benzene rings is 2. The zero-order chi connectivity index (χ0) is 17.8. The van der Waals surface area contributed by atoms with Crippen LogP contribution in [0.3, 0.4) is 0 Å². The van der Waals surface area contributed by atoms with Gasteiger partial charge in [-0.2, -0.15) is 0 Å². The van der Waals surface area contributed by atoms with Crippen molar-refractivity contribution in [3.05, 3.63) is 65.5 Å². The fraction of sp³-hybridized carbons (Fsp3) is 0.350. The normalized spacial score (nSPS) is 18.9. The fourth-order valence-electron chi connectivity index (χ4n) is 3.56. The number of aliphatic carboxylic acids is 1. The van der Waals surface area contributed by atoms with Crippen LogP contribution in [0.1, 0.15) is 36.9 Å². The third-order valence-corrected chi connectivity index (χ3v) is 4.56. The number of likely N-dealkylation sites (tertiary alicyclic amines) is 1. The van der Waals surface area contributed by atoms with Gasteiger partial charge >= 0.3 is 5.97 Å². The maximum absolute atomic E-state index is 13.8. The van der Waals surface area contributed by atoms with Crippen LogP contribution in [0, 0.1) is 5.82 Å². The summed E-state index contributed by atoms with van der Waals surface area (Å²) in [6, 6.07) is 13.1. The van der Waals surface area contributed by atoms with Crippen molar-refractivity contribution in [2.45, 2.75) is 31.8 Å². The van der Waals surface area contributed by atoms with Gasteiger partial charge in [-0.15, -0.1) is 0 Å². The van der Waals surface area contributed by atoms with E-state index >= 15 is 0 Å². The molecular weight excluding hydrogens is 321 g/mol. The van der Waals surface area contributed by atoms with E-state index in [2.05, 4.69) is 0 Å². The Morgan fingerprint density at radius 1 is 1.28 bits per heavy atom. The maximum Gasteiger partial charge on any atom is 0.320 e. The third-order valence-electron chi connectivity index (χ3n) is 4.56. The van der Waals surface area contributed by atoms with Crippen molar-refractivity contribution < 1.29 is 19.0 Å². The Morgan fingerprint density at radius 2 is 2.00 bits per heavy atom. The molecule has 132 valence electrons. The van der Waals surface area contributed by atoms with E-state index in [1.807, 2.05) is 42.2 Å². The summed E-state index contributed by atoms with van der Waals surface area (Å²) in [5.41, 5.74) is 1.66. The lowest BCUT2D eigenvalue weighted by Crippen LogP contribution is -2.39. The van der Waals surface area contributed by atoms with Gasteiger partial charge in [-0.25, -0.2) is 4.39 Å². The molecule has 1 N–H and O–H groups in total. The van der Waals surface area contributed by atoms with Crippen LogP contribution in [-0.2, 0) is 4.79 Å². The summed E-state index contributed by atoms with van der Waals surface area (Å²) in [6.45, 7) is 3.13. The molecule has 1 aliphatic heterocycles. The first-order valence-electron chi connectivity index (χ1n) is 8.57. The Labute approximate surface area is 146 Å². The molecule has 1 saturated heterocycles. The van der Waals surface area contributed by atoms with Crippen LogP contribution >= 0.6 is 0 Å². The standard InChI is InChI=1S/C20H22FNO3/c1-2-25-17-9-4-7-15(13-17)19(14-6-3-8-16(21)12-14)22-11-5-10-18(22)20(23)24/h3-4,6-9,12-13,18-19H,2,5,10-11H2,1H3,(H,23,24). The number of hydrogen-bond donors (Lipinski definition) is 1. The van der Waals surface area contributed by atoms with Crippen LogP contribution in [0.2, 0.25) is 0 Å². The van der Waals surface area contributed by atoms with Crippen molar-refractivity contribution in [3.63, 3.8) is 0 Å². The van der Waals surface area contributed by atoms with Crippen molar-refractivity contribution in [2.75, 3.05) is 13.2 Å². The van der Waals surface area contributed by atoms with Crippen molar-refractivity contribution >= 4 is 5.97 Å². The molecule has 0 bridgehead atoms. The highest BCUT2D eigenvalue weighted by molar-refractivity contribution is 5.74. The molecule has 2 aromatic rings. The van der Waals surface area contributed by atoms with E-state index in [1.165, 1.54) is 12.1 Å². The topological polar surface area (TPSA) is 49.8 Å². The molecule has 2 unspecified atom stereocenters. The molecule has 25 heavy (non-hydrogen) atoms. The number of carboxylic acid groups (broad SMARTS) is 1. The molecular formula is C20H22FNO3. The Hall–Kier alpha value is -2.40. The van der Waals surface area contributed by atoms with Gasteiger partial charge in [-0.3, -0.25) is 9.69 Å². The van der Waals surface area contributed by atoms with Crippen LogP contribution in [0.25, 0.3) is 0 Å². The highest BCUT2D eigenvalue weighted by Gasteiger charge is 2.37. The molecule has 0 radical (unpaired) electrons. The van der Waals surface area contributed by atoms with Crippen LogP contribution in [0.5, 0.6) is 5.75 Å². The van der Waals surface area contributed by atoms with E-state index < -0.39 is 12.0 Å². The highest BCUT2D eigenvalue weighted by Crippen LogP contribution is 2.36. The second-order valence-corrected chi connectivity index (χ2v) is 6.20. The minimum Gasteiger partial charge on any atom is -0.494 e. The summed E-state index contributed by atoms with van der Waals surface area (Å²) in [7, 11) is 0. The zero-order valence-corrected chi connectivity index (χ0v) is 14.2. The fourth-order valence-corrected chi connectivity index (χ4v) is 3.56. The molecule has 0 amide bonds. The number of nitrogens with zero attached hydrogens (tertiary/aromatic N) is 1. The number of rotatable bonds is 6. The van der Waals surface area contributed by atoms with E-state index in [0.29, 0.717) is 19.6 Å². The predicted octanol–water partition coefficient (Wildman–Crippen LogP) is 3.86. The van der Waals surface area contributed by atoms with Crippen molar-refractivity contribution in [2.24, 2.45) is 0 Å². The smallest absolute Gasteiger partial charge is 0.320 e. The molecule has 1 heterocycles. The molecule has 5 heteroatoms. The first-order valence-corrected chi connectivity index (χ1v) is 8.57. The largest absolute Gasteiger partial charge is 0.494 e. The minimum atomic E-state index is -0.833. The van der Waals surface area contributed by atoms with E-state index in [-0.39, 0.29) is 11.9 Å². The Kier molecular flexibility index (Phi) is 5.34. The summed E-state index contributed by atoms with van der Waals surface area (Å²) in [6.07, 6.45) is 1.42. The second-order valence-electron chi connectivity index (χ2n) is 6.20. The number of hydrogen-bond acceptors (Lipinski definition) is 3. The molecule has 1 fully saturated rings. The van der Waals surface area contributed by atoms with Gasteiger partial charge in [0.2, 0.25) is 0 Å². The number of carbonyl (C=O) groups is 1. The summed E-state index contributed by atoms with van der Waals surface area (Å²) < 4.78 is 19.4. The van der Waals surface area contributed by atoms with Gasteiger partial charge < -0.3 is 9.84 Å². The average molecular weight is 343 g/mol. The number of carboxylic acids is 1. The molecule has 0 saturated carbocycles. The molecule has 2 aromatic carbocycles. The number of halogens is 1. The van der Waals surface area contributed by atoms with E-state index in [4.69, 9.17) is 4.74 Å². The molecule has 0 aliphatic carbocycles. The van der Waals surface area contributed by atoms with Gasteiger partial charge in [-0.05, 0) is 55.2 Å². The van der Waals surface area contributed by atoms with E-state index in [9.17, 15) is 14.3 Å². The van der Waals surface area contributed by atoms with Gasteiger partial charge in [-0.1, -0.05) is 24.3 Å². The van der Waals surface area contributed by atoms with Gasteiger partial charge in [0.1, 0.15) is 17.6 Å². The first kappa shape index (κ1) is 17.4. The van der Waals surface area contributed by atoms with E-state index in [1.54, 1.807) is 6.07 Å². The van der Waals surface area contributed by atoms with Gasteiger partial charge in [0.05, 0.1) is 12.6 Å². The lowest BCUT2D eigenvalue weighted by atomic mass is 9.96. The summed E-state index contributed by atoms with van der Waals surface area (Å²) in [5, 5.41) is 9.58. The lowest BCUT2D eigenvalue weighted by molar-refractivity contribution is -0.142. The van der Waals surface area contributed by atoms with Crippen LogP contribution in [0.15, 0.2) is 48.5 Å². The van der Waals surface area contributed by atoms with Crippen molar-refractivity contribution in [3.8, 4) is 5.75 Å². The van der Waals surface area contributed by atoms with Gasteiger partial charge in [0.15, 0.2) is 0 Å². The van der Waals surface area contributed by atoms with Crippen LogP contribution in [0.4, 0.5) is 4.39 Å². The van der Waals surface area contributed by atoms with Crippen molar-refractivity contribution in [1.82, 2.24) is 4.90 Å². The maximum atomic E-state index is 13.8. The predicted molar refractivity (Wildman–Crippen MR) is 93.2 cm³/mol. The first-order chi connectivity index (χ1) is 12.1.